The van der Waals surface area contributed by atoms with Gasteiger partial charge in [0.1, 0.15) is 0 Å². The number of rotatable bonds is 6. The molecule has 0 aliphatic carbocycles. The van der Waals surface area contributed by atoms with E-state index in [9.17, 15) is 0 Å². The second-order valence-electron chi connectivity index (χ2n) is 3.34. The molecule has 0 aliphatic heterocycles. The molecule has 2 aromatic rings. The van der Waals surface area contributed by atoms with Crippen LogP contribution in [0.4, 0.5) is 0 Å². The van der Waals surface area contributed by atoms with Crippen LogP contribution < -0.4 is 0 Å². The van der Waals surface area contributed by atoms with Crippen molar-refractivity contribution in [3.05, 3.63) is 22.0 Å². The fraction of sp³-hybridized carbons (Fsp3) is 0.500. The number of aryl methyl sites for hydroxylation is 1. The summed E-state index contributed by atoms with van der Waals surface area (Å²) in [4.78, 5) is 4.35. The highest BCUT2D eigenvalue weighted by molar-refractivity contribution is 7.99. The van der Waals surface area contributed by atoms with Gasteiger partial charge in [0.25, 0.3) is 5.22 Å². The summed E-state index contributed by atoms with van der Waals surface area (Å²) in [5, 5.41) is 11.6. The maximum absolute atomic E-state index is 5.49. The van der Waals surface area contributed by atoms with Crippen molar-refractivity contribution < 1.29 is 9.15 Å². The first-order chi connectivity index (χ1) is 8.28. The molecule has 2 rings (SSSR count). The summed E-state index contributed by atoms with van der Waals surface area (Å²) in [6, 6.07) is 0. The van der Waals surface area contributed by atoms with Crippen LogP contribution in [0.15, 0.2) is 15.0 Å². The average molecular weight is 271 g/mol. The molecular formula is C10H13N3O2S2. The number of thioether (sulfide) groups is 1. The number of nitrogens with zero attached hydrogens (tertiary/aromatic N) is 3. The Bertz CT molecular complexity index is 470. The fourth-order valence-corrected chi connectivity index (χ4v) is 2.52. The fourth-order valence-electron chi connectivity index (χ4n) is 1.22. The molecule has 0 aliphatic rings. The summed E-state index contributed by atoms with van der Waals surface area (Å²) >= 11 is 3.12. The lowest BCUT2D eigenvalue weighted by Gasteiger charge is -1.93. The molecule has 0 bridgehead atoms. The zero-order valence-electron chi connectivity index (χ0n) is 9.67. The van der Waals surface area contributed by atoms with Crippen LogP contribution in [-0.4, -0.2) is 34.7 Å². The molecule has 0 saturated carbocycles. The molecule has 2 aromatic heterocycles. The Labute approximate surface area is 108 Å². The van der Waals surface area contributed by atoms with Crippen molar-refractivity contribution in [3.8, 4) is 0 Å². The molecule has 2 heterocycles. The summed E-state index contributed by atoms with van der Waals surface area (Å²) in [5.74, 6) is 1.42. The number of hydrogen-bond acceptors (Lipinski definition) is 7. The topological polar surface area (TPSA) is 61.0 Å². The molecule has 0 N–H and O–H groups in total. The van der Waals surface area contributed by atoms with Crippen LogP contribution in [0.3, 0.4) is 0 Å². The number of hydrogen-bond donors (Lipinski definition) is 0. The van der Waals surface area contributed by atoms with E-state index < -0.39 is 0 Å². The van der Waals surface area contributed by atoms with Gasteiger partial charge in [0, 0.05) is 18.2 Å². The molecule has 0 saturated heterocycles. The molecule has 0 amide bonds. The monoisotopic (exact) mass is 271 g/mol. The Kier molecular flexibility index (Phi) is 4.52. The number of methoxy groups -OCH3 is 1. The number of thiazole rings is 1. The van der Waals surface area contributed by atoms with Crippen LogP contribution >= 0.6 is 23.1 Å². The van der Waals surface area contributed by atoms with E-state index in [1.54, 1.807) is 18.4 Å². The molecule has 0 spiro atoms. The van der Waals surface area contributed by atoms with Gasteiger partial charge in [-0.25, -0.2) is 4.98 Å². The molecule has 0 atom stereocenters. The van der Waals surface area contributed by atoms with Crippen molar-refractivity contribution in [3.63, 3.8) is 0 Å². The van der Waals surface area contributed by atoms with Crippen LogP contribution in [0.2, 0.25) is 0 Å². The smallest absolute Gasteiger partial charge is 0.276 e. The molecule has 5 nitrogen and oxygen atoms in total. The van der Waals surface area contributed by atoms with E-state index in [0.717, 1.165) is 16.5 Å². The van der Waals surface area contributed by atoms with E-state index in [-0.39, 0.29) is 0 Å². The number of aromatic nitrogens is 3. The zero-order valence-corrected chi connectivity index (χ0v) is 11.3. The van der Waals surface area contributed by atoms with E-state index in [4.69, 9.17) is 9.15 Å². The van der Waals surface area contributed by atoms with Crippen LogP contribution in [0, 0.1) is 6.92 Å². The second-order valence-corrected chi connectivity index (χ2v) is 5.45. The third kappa shape index (κ3) is 3.79. The predicted molar refractivity (Wildman–Crippen MR) is 66.6 cm³/mol. The van der Waals surface area contributed by atoms with E-state index in [1.807, 2.05) is 12.3 Å². The van der Waals surface area contributed by atoms with Crippen LogP contribution in [0.25, 0.3) is 0 Å². The van der Waals surface area contributed by atoms with Crippen molar-refractivity contribution in [1.82, 2.24) is 15.2 Å². The first-order valence-corrected chi connectivity index (χ1v) is 6.99. The minimum atomic E-state index is 0.587. The van der Waals surface area contributed by atoms with Gasteiger partial charge in [-0.3, -0.25) is 0 Å². The summed E-state index contributed by atoms with van der Waals surface area (Å²) in [5.41, 5.74) is 0.976. The molecule has 0 unspecified atom stereocenters. The van der Waals surface area contributed by atoms with Crippen molar-refractivity contribution in [2.45, 2.75) is 18.6 Å². The van der Waals surface area contributed by atoms with Crippen molar-refractivity contribution in [1.29, 1.82) is 0 Å². The van der Waals surface area contributed by atoms with Gasteiger partial charge in [0.05, 0.1) is 23.7 Å². The van der Waals surface area contributed by atoms with E-state index >= 15 is 0 Å². The third-order valence-electron chi connectivity index (χ3n) is 1.96. The lowest BCUT2D eigenvalue weighted by molar-refractivity contribution is 0.218. The SMILES string of the molecule is COCCSc1nnc(Cc2csc(C)n2)o1. The Morgan fingerprint density at radius 2 is 2.35 bits per heavy atom. The summed E-state index contributed by atoms with van der Waals surface area (Å²) < 4.78 is 10.4. The van der Waals surface area contributed by atoms with Gasteiger partial charge in [0.2, 0.25) is 5.89 Å². The summed E-state index contributed by atoms with van der Waals surface area (Å²) in [6.45, 7) is 2.65. The summed E-state index contributed by atoms with van der Waals surface area (Å²) in [7, 11) is 1.67. The molecule has 0 radical (unpaired) electrons. The first kappa shape index (κ1) is 12.5. The van der Waals surface area contributed by atoms with Crippen molar-refractivity contribution in [2.75, 3.05) is 19.5 Å². The molecule has 17 heavy (non-hydrogen) atoms. The minimum Gasteiger partial charge on any atom is -0.416 e. The number of ether oxygens (including phenoxy) is 1. The molecule has 92 valence electrons. The van der Waals surface area contributed by atoms with Gasteiger partial charge < -0.3 is 9.15 Å². The maximum Gasteiger partial charge on any atom is 0.276 e. The van der Waals surface area contributed by atoms with Crippen LogP contribution in [0.5, 0.6) is 0 Å². The van der Waals surface area contributed by atoms with E-state index in [0.29, 0.717) is 24.1 Å². The Morgan fingerprint density at radius 1 is 1.47 bits per heavy atom. The van der Waals surface area contributed by atoms with Gasteiger partial charge in [-0.05, 0) is 6.92 Å². The Hall–Kier alpha value is -0.920. The third-order valence-corrected chi connectivity index (χ3v) is 3.57. The molecule has 0 fully saturated rings. The quantitative estimate of drug-likeness (QED) is 0.592. The normalized spacial score (nSPS) is 10.9. The van der Waals surface area contributed by atoms with Gasteiger partial charge in [0.15, 0.2) is 0 Å². The van der Waals surface area contributed by atoms with E-state index in [2.05, 4.69) is 15.2 Å². The lowest BCUT2D eigenvalue weighted by Crippen LogP contribution is -1.90. The summed E-state index contributed by atoms with van der Waals surface area (Å²) in [6.07, 6.45) is 0.599. The highest BCUT2D eigenvalue weighted by Gasteiger charge is 2.09. The van der Waals surface area contributed by atoms with Gasteiger partial charge in [-0.15, -0.1) is 21.5 Å². The highest BCUT2D eigenvalue weighted by atomic mass is 32.2. The second kappa shape index (κ2) is 6.13. The van der Waals surface area contributed by atoms with Gasteiger partial charge in [-0.1, -0.05) is 11.8 Å². The molecule has 0 aromatic carbocycles. The zero-order chi connectivity index (χ0) is 12.1. The standard InChI is InChI=1S/C10H13N3O2S2/c1-7-11-8(6-17-7)5-9-12-13-10(15-9)16-4-3-14-2/h6H,3-5H2,1-2H3. The van der Waals surface area contributed by atoms with Crippen molar-refractivity contribution in [2.24, 2.45) is 0 Å². The Morgan fingerprint density at radius 3 is 3.06 bits per heavy atom. The van der Waals surface area contributed by atoms with Gasteiger partial charge in [-0.2, -0.15) is 0 Å². The van der Waals surface area contributed by atoms with Gasteiger partial charge >= 0.3 is 0 Å². The lowest BCUT2D eigenvalue weighted by atomic mass is 10.3. The predicted octanol–water partition coefficient (Wildman–Crippen LogP) is 2.16. The molecular weight excluding hydrogens is 258 g/mol. The minimum absolute atomic E-state index is 0.587. The van der Waals surface area contributed by atoms with Crippen LogP contribution in [-0.2, 0) is 11.2 Å². The van der Waals surface area contributed by atoms with E-state index in [1.165, 1.54) is 11.8 Å². The first-order valence-electron chi connectivity index (χ1n) is 5.13. The highest BCUT2D eigenvalue weighted by Crippen LogP contribution is 2.18. The van der Waals surface area contributed by atoms with Crippen molar-refractivity contribution >= 4 is 23.1 Å². The molecule has 7 heteroatoms. The van der Waals surface area contributed by atoms with Crippen LogP contribution in [0.1, 0.15) is 16.6 Å². The maximum atomic E-state index is 5.49. The average Bonchev–Trinajstić information content (AvgIpc) is 2.90. The largest absolute Gasteiger partial charge is 0.416 e. The Balaban J connectivity index is 1.89.